The zero-order valence-corrected chi connectivity index (χ0v) is 18.5. The molecule has 0 atom stereocenters. The molecule has 0 unspecified atom stereocenters. The van der Waals surface area contributed by atoms with Crippen LogP contribution in [0.2, 0.25) is 0 Å². The molecule has 1 aliphatic carbocycles. The van der Waals surface area contributed by atoms with Gasteiger partial charge in [-0.3, -0.25) is 14.4 Å². The molecular formula is C23H29N7O. The van der Waals surface area contributed by atoms with Crippen molar-refractivity contribution in [2.24, 2.45) is 7.05 Å². The second-order valence-electron chi connectivity index (χ2n) is 8.66. The van der Waals surface area contributed by atoms with Gasteiger partial charge >= 0.3 is 0 Å². The fraction of sp³-hybridized carbons (Fsp3) is 0.478. The average Bonchev–Trinajstić information content (AvgIpc) is 3.50. The molecule has 31 heavy (non-hydrogen) atoms. The van der Waals surface area contributed by atoms with Crippen LogP contribution in [0.15, 0.2) is 30.3 Å². The minimum Gasteiger partial charge on any atom is -0.333 e. The predicted octanol–water partition coefficient (Wildman–Crippen LogP) is 2.45. The van der Waals surface area contributed by atoms with Gasteiger partial charge in [-0.2, -0.15) is 5.10 Å². The van der Waals surface area contributed by atoms with Gasteiger partial charge in [-0.15, -0.1) is 5.10 Å². The van der Waals surface area contributed by atoms with Crippen molar-refractivity contribution in [1.82, 2.24) is 34.3 Å². The molecule has 0 N–H and O–H groups in total. The second kappa shape index (κ2) is 7.92. The zero-order valence-electron chi connectivity index (χ0n) is 18.5. The van der Waals surface area contributed by atoms with Crippen molar-refractivity contribution < 1.29 is 4.79 Å². The van der Waals surface area contributed by atoms with Crippen LogP contribution >= 0.6 is 0 Å². The Morgan fingerprint density at radius 3 is 2.35 bits per heavy atom. The van der Waals surface area contributed by atoms with Gasteiger partial charge in [0.2, 0.25) is 5.82 Å². The first-order valence-corrected chi connectivity index (χ1v) is 11.0. The summed E-state index contributed by atoms with van der Waals surface area (Å²) < 4.78 is 3.80. The van der Waals surface area contributed by atoms with Gasteiger partial charge in [-0.05, 0) is 38.8 Å². The highest BCUT2D eigenvalue weighted by Gasteiger charge is 2.33. The van der Waals surface area contributed by atoms with E-state index in [1.165, 1.54) is 11.3 Å². The van der Waals surface area contributed by atoms with E-state index < -0.39 is 0 Å². The van der Waals surface area contributed by atoms with Crippen molar-refractivity contribution in [2.45, 2.75) is 39.2 Å². The summed E-state index contributed by atoms with van der Waals surface area (Å²) in [7, 11) is 1.99. The van der Waals surface area contributed by atoms with Crippen molar-refractivity contribution in [3.8, 4) is 5.69 Å². The monoisotopic (exact) mass is 419 g/mol. The Bertz CT molecular complexity index is 1090. The number of carbonyl (C=O) groups is 1. The van der Waals surface area contributed by atoms with Crippen molar-refractivity contribution >= 4 is 5.91 Å². The lowest BCUT2D eigenvalue weighted by Gasteiger charge is -2.34. The zero-order chi connectivity index (χ0) is 21.5. The summed E-state index contributed by atoms with van der Waals surface area (Å²) in [6, 6.07) is 9.98. The Morgan fingerprint density at radius 2 is 1.74 bits per heavy atom. The van der Waals surface area contributed by atoms with E-state index in [4.69, 9.17) is 0 Å². The molecular weight excluding hydrogens is 390 g/mol. The van der Waals surface area contributed by atoms with Gasteiger partial charge in [0.05, 0.1) is 11.4 Å². The maximum absolute atomic E-state index is 13.2. The van der Waals surface area contributed by atoms with Crippen molar-refractivity contribution in [2.75, 3.05) is 26.2 Å². The molecule has 0 spiro atoms. The van der Waals surface area contributed by atoms with E-state index in [1.54, 1.807) is 0 Å². The molecule has 8 heteroatoms. The Kier molecular flexibility index (Phi) is 5.09. The normalized spacial score (nSPS) is 17.3. The quantitative estimate of drug-likeness (QED) is 0.635. The molecule has 1 aliphatic heterocycles. The predicted molar refractivity (Wildman–Crippen MR) is 117 cm³/mol. The van der Waals surface area contributed by atoms with Crippen LogP contribution in [-0.4, -0.2) is 66.4 Å². The second-order valence-corrected chi connectivity index (χ2v) is 8.66. The minimum absolute atomic E-state index is 0.0648. The number of nitrogens with zero attached hydrogens (tertiary/aromatic N) is 7. The van der Waals surface area contributed by atoms with Gasteiger partial charge in [-0.25, -0.2) is 9.67 Å². The van der Waals surface area contributed by atoms with Gasteiger partial charge < -0.3 is 4.90 Å². The van der Waals surface area contributed by atoms with Gasteiger partial charge in [-0.1, -0.05) is 18.2 Å². The summed E-state index contributed by atoms with van der Waals surface area (Å²) in [5.41, 5.74) is 4.55. The smallest absolute Gasteiger partial charge is 0.293 e. The number of hydrogen-bond donors (Lipinski definition) is 0. The summed E-state index contributed by atoms with van der Waals surface area (Å²) in [6.07, 6.45) is 2.23. The third-order valence-corrected chi connectivity index (χ3v) is 6.47. The summed E-state index contributed by atoms with van der Waals surface area (Å²) in [6.45, 7) is 8.12. The van der Waals surface area contributed by atoms with Crippen LogP contribution in [0.3, 0.4) is 0 Å². The first-order chi connectivity index (χ1) is 15.0. The third kappa shape index (κ3) is 3.87. The van der Waals surface area contributed by atoms with Crippen molar-refractivity contribution in [3.63, 3.8) is 0 Å². The summed E-state index contributed by atoms with van der Waals surface area (Å²) >= 11 is 0. The molecule has 162 valence electrons. The topological polar surface area (TPSA) is 72.1 Å². The van der Waals surface area contributed by atoms with E-state index >= 15 is 0 Å². The Hall–Kier alpha value is -3.00. The maximum atomic E-state index is 13.2. The first kappa shape index (κ1) is 19.9. The molecule has 1 saturated carbocycles. The van der Waals surface area contributed by atoms with Crippen LogP contribution < -0.4 is 0 Å². The largest absolute Gasteiger partial charge is 0.333 e. The highest BCUT2D eigenvalue weighted by molar-refractivity contribution is 5.90. The van der Waals surface area contributed by atoms with Gasteiger partial charge in [0, 0.05) is 56.9 Å². The van der Waals surface area contributed by atoms with E-state index in [9.17, 15) is 4.79 Å². The molecule has 3 aromatic rings. The van der Waals surface area contributed by atoms with Crippen molar-refractivity contribution in [1.29, 1.82) is 0 Å². The standard InChI is InChI=1S/C23H29N7O/c1-16-20(17(2)27(3)25-16)15-28-11-13-29(14-12-28)23(31)21-24-22(18-9-10-18)30(26-21)19-7-5-4-6-8-19/h4-8,18H,9-15H2,1-3H3. The van der Waals surface area contributed by atoms with E-state index in [0.29, 0.717) is 24.8 Å². The molecule has 0 radical (unpaired) electrons. The van der Waals surface area contributed by atoms with E-state index in [0.717, 1.165) is 49.7 Å². The number of para-hydroxylation sites is 1. The Labute approximate surface area is 182 Å². The molecule has 3 heterocycles. The molecule has 1 saturated heterocycles. The number of amides is 1. The number of hydrogen-bond acceptors (Lipinski definition) is 5. The molecule has 2 aliphatic rings. The Morgan fingerprint density at radius 1 is 1.03 bits per heavy atom. The van der Waals surface area contributed by atoms with Gasteiger partial charge in [0.25, 0.3) is 5.91 Å². The summed E-state index contributed by atoms with van der Waals surface area (Å²) in [5, 5.41) is 9.14. The van der Waals surface area contributed by atoms with Crippen LogP contribution in [0.5, 0.6) is 0 Å². The molecule has 2 fully saturated rings. The highest BCUT2D eigenvalue weighted by atomic mass is 16.2. The van der Waals surface area contributed by atoms with Gasteiger partial charge in [0.15, 0.2) is 0 Å². The van der Waals surface area contributed by atoms with Crippen LogP contribution in [0.1, 0.15) is 52.2 Å². The van der Waals surface area contributed by atoms with Crippen LogP contribution in [-0.2, 0) is 13.6 Å². The number of benzene rings is 1. The fourth-order valence-corrected chi connectivity index (χ4v) is 4.30. The minimum atomic E-state index is -0.0648. The highest BCUT2D eigenvalue weighted by Crippen LogP contribution is 2.39. The lowest BCUT2D eigenvalue weighted by atomic mass is 10.1. The number of carbonyl (C=O) groups excluding carboxylic acids is 1. The van der Waals surface area contributed by atoms with E-state index in [2.05, 4.69) is 33.9 Å². The third-order valence-electron chi connectivity index (χ3n) is 6.47. The van der Waals surface area contributed by atoms with E-state index in [-0.39, 0.29) is 5.91 Å². The first-order valence-electron chi connectivity index (χ1n) is 11.0. The number of aromatic nitrogens is 5. The lowest BCUT2D eigenvalue weighted by molar-refractivity contribution is 0.0616. The summed E-state index contributed by atoms with van der Waals surface area (Å²) in [4.78, 5) is 22.1. The molecule has 5 rings (SSSR count). The number of aryl methyl sites for hydroxylation is 2. The number of rotatable bonds is 5. The van der Waals surface area contributed by atoms with Crippen LogP contribution in [0.25, 0.3) is 5.69 Å². The summed E-state index contributed by atoms with van der Waals surface area (Å²) in [5.74, 6) is 1.58. The van der Waals surface area contributed by atoms with E-state index in [1.807, 2.05) is 51.6 Å². The molecule has 1 amide bonds. The SMILES string of the molecule is Cc1nn(C)c(C)c1CN1CCN(C(=O)c2nc(C3CC3)n(-c3ccccc3)n2)CC1. The fourth-order valence-electron chi connectivity index (χ4n) is 4.30. The average molecular weight is 420 g/mol. The van der Waals surface area contributed by atoms with Crippen LogP contribution in [0, 0.1) is 13.8 Å². The number of piperazine rings is 1. The van der Waals surface area contributed by atoms with Crippen LogP contribution in [0.4, 0.5) is 0 Å². The van der Waals surface area contributed by atoms with Crippen molar-refractivity contribution in [3.05, 3.63) is 58.9 Å². The molecule has 1 aromatic carbocycles. The molecule has 2 aromatic heterocycles. The molecule has 8 nitrogen and oxygen atoms in total. The maximum Gasteiger partial charge on any atom is 0.293 e. The van der Waals surface area contributed by atoms with Gasteiger partial charge in [0.1, 0.15) is 5.82 Å². The molecule has 0 bridgehead atoms. The Balaban J connectivity index is 1.28. The lowest BCUT2D eigenvalue weighted by Crippen LogP contribution is -2.48.